The van der Waals surface area contributed by atoms with Gasteiger partial charge in [-0.15, -0.1) is 0 Å². The number of hydrogen-bond donors (Lipinski definition) is 1. The fourth-order valence-electron chi connectivity index (χ4n) is 2.02. The number of nitrogens with zero attached hydrogens (tertiary/aromatic N) is 2. The van der Waals surface area contributed by atoms with Crippen LogP contribution < -0.4 is 10.6 Å². The summed E-state index contributed by atoms with van der Waals surface area (Å²) in [7, 11) is 0. The van der Waals surface area contributed by atoms with E-state index in [1.807, 2.05) is 18.0 Å². The molecular weight excluding hydrogens is 298 g/mol. The summed E-state index contributed by atoms with van der Waals surface area (Å²) in [6.07, 6.45) is 4.71. The van der Waals surface area contributed by atoms with E-state index >= 15 is 0 Å². The number of halogens is 1. The standard InChI is InChI=1S/C12H18BrN3S/c1-12(2)3-4-16(5-6-17-12)11-9(13)7-15-8-10(11)14/h7-8H,3-6,14H2,1-2H3. The molecule has 2 rings (SSSR count). The molecule has 0 aliphatic carbocycles. The highest BCUT2D eigenvalue weighted by Gasteiger charge is 2.25. The van der Waals surface area contributed by atoms with Gasteiger partial charge in [-0.05, 0) is 22.4 Å². The molecule has 1 aromatic heterocycles. The number of hydrogen-bond acceptors (Lipinski definition) is 4. The van der Waals surface area contributed by atoms with Gasteiger partial charge in [-0.2, -0.15) is 11.8 Å². The van der Waals surface area contributed by atoms with Gasteiger partial charge >= 0.3 is 0 Å². The van der Waals surface area contributed by atoms with E-state index in [-0.39, 0.29) is 0 Å². The Kier molecular flexibility index (Phi) is 3.88. The average Bonchev–Trinajstić information content (AvgIpc) is 2.40. The van der Waals surface area contributed by atoms with Gasteiger partial charge < -0.3 is 10.6 Å². The lowest BCUT2D eigenvalue weighted by molar-refractivity contribution is 0.637. The molecule has 2 heterocycles. The maximum atomic E-state index is 6.03. The highest BCUT2D eigenvalue weighted by Crippen LogP contribution is 2.36. The Hall–Kier alpha value is -0.420. The lowest BCUT2D eigenvalue weighted by Crippen LogP contribution is -2.28. The maximum Gasteiger partial charge on any atom is 0.0776 e. The number of nitrogen functional groups attached to an aromatic ring is 1. The average molecular weight is 316 g/mol. The van der Waals surface area contributed by atoms with E-state index in [4.69, 9.17) is 5.73 Å². The van der Waals surface area contributed by atoms with Gasteiger partial charge in [0.25, 0.3) is 0 Å². The summed E-state index contributed by atoms with van der Waals surface area (Å²) in [4.78, 5) is 6.45. The number of pyridine rings is 1. The molecule has 0 atom stereocenters. The van der Waals surface area contributed by atoms with Crippen LogP contribution in [0.5, 0.6) is 0 Å². The van der Waals surface area contributed by atoms with E-state index in [0.717, 1.165) is 34.7 Å². The first kappa shape index (κ1) is 13.0. The molecule has 1 aliphatic heterocycles. The number of thioether (sulfide) groups is 1. The summed E-state index contributed by atoms with van der Waals surface area (Å²) in [6.45, 7) is 6.71. The van der Waals surface area contributed by atoms with Crippen molar-refractivity contribution in [3.63, 3.8) is 0 Å². The maximum absolute atomic E-state index is 6.03. The fraction of sp³-hybridized carbons (Fsp3) is 0.583. The van der Waals surface area contributed by atoms with Gasteiger partial charge in [0.1, 0.15) is 0 Å². The zero-order valence-electron chi connectivity index (χ0n) is 10.2. The SMILES string of the molecule is CC1(C)CCN(c2c(N)cncc2Br)CCS1. The number of aromatic nitrogens is 1. The minimum atomic E-state index is 0.364. The first-order valence-corrected chi connectivity index (χ1v) is 7.55. The summed E-state index contributed by atoms with van der Waals surface area (Å²) in [5, 5.41) is 0. The van der Waals surface area contributed by atoms with E-state index in [2.05, 4.69) is 39.7 Å². The molecule has 0 spiro atoms. The molecule has 1 saturated heterocycles. The predicted molar refractivity (Wildman–Crippen MR) is 79.7 cm³/mol. The third-order valence-electron chi connectivity index (χ3n) is 3.06. The van der Waals surface area contributed by atoms with Crippen molar-refractivity contribution in [2.75, 3.05) is 29.5 Å². The largest absolute Gasteiger partial charge is 0.396 e. The van der Waals surface area contributed by atoms with Crippen LogP contribution in [0, 0.1) is 0 Å². The van der Waals surface area contributed by atoms with Gasteiger partial charge in [-0.3, -0.25) is 4.98 Å². The number of rotatable bonds is 1. The molecule has 0 radical (unpaired) electrons. The Morgan fingerprint density at radius 2 is 2.18 bits per heavy atom. The Morgan fingerprint density at radius 3 is 2.88 bits per heavy atom. The smallest absolute Gasteiger partial charge is 0.0776 e. The second kappa shape index (κ2) is 5.06. The third-order valence-corrected chi connectivity index (χ3v) is 5.01. The molecule has 0 amide bonds. The molecule has 1 aromatic rings. The van der Waals surface area contributed by atoms with Crippen molar-refractivity contribution in [2.24, 2.45) is 0 Å². The Morgan fingerprint density at radius 1 is 1.41 bits per heavy atom. The second-order valence-corrected chi connectivity index (χ2v) is 7.56. The normalized spacial score (nSPS) is 20.1. The summed E-state index contributed by atoms with van der Waals surface area (Å²) in [6, 6.07) is 0. The summed E-state index contributed by atoms with van der Waals surface area (Å²) < 4.78 is 1.35. The van der Waals surface area contributed by atoms with Gasteiger partial charge in [0.15, 0.2) is 0 Å². The molecule has 1 fully saturated rings. The van der Waals surface area contributed by atoms with Crippen molar-refractivity contribution in [2.45, 2.75) is 25.0 Å². The quantitative estimate of drug-likeness (QED) is 0.864. The Bertz CT molecular complexity index is 388. The van der Waals surface area contributed by atoms with Crippen molar-refractivity contribution in [3.05, 3.63) is 16.9 Å². The van der Waals surface area contributed by atoms with E-state index in [1.54, 1.807) is 6.20 Å². The topological polar surface area (TPSA) is 42.1 Å². The summed E-state index contributed by atoms with van der Waals surface area (Å²) in [5.41, 5.74) is 7.88. The third kappa shape index (κ3) is 3.07. The zero-order chi connectivity index (χ0) is 12.5. The molecule has 2 N–H and O–H groups in total. The molecule has 3 nitrogen and oxygen atoms in total. The number of nitrogens with two attached hydrogens (primary N) is 1. The number of anilines is 2. The van der Waals surface area contributed by atoms with E-state index in [1.165, 1.54) is 6.42 Å². The zero-order valence-corrected chi connectivity index (χ0v) is 12.6. The minimum Gasteiger partial charge on any atom is -0.396 e. The van der Waals surface area contributed by atoms with Crippen LogP contribution in [0.1, 0.15) is 20.3 Å². The summed E-state index contributed by atoms with van der Waals surface area (Å²) >= 11 is 5.58. The van der Waals surface area contributed by atoms with Crippen LogP contribution in [0.15, 0.2) is 16.9 Å². The highest BCUT2D eigenvalue weighted by atomic mass is 79.9. The Balaban J connectivity index is 2.23. The minimum absolute atomic E-state index is 0.364. The molecule has 0 saturated carbocycles. The van der Waals surface area contributed by atoms with Crippen molar-refractivity contribution in [3.8, 4) is 0 Å². The molecule has 0 aromatic carbocycles. The van der Waals surface area contributed by atoms with Crippen LogP contribution in [-0.4, -0.2) is 28.6 Å². The lowest BCUT2D eigenvalue weighted by Gasteiger charge is -2.26. The van der Waals surface area contributed by atoms with Gasteiger partial charge in [0, 0.05) is 29.8 Å². The van der Waals surface area contributed by atoms with Gasteiger partial charge in [-0.1, -0.05) is 13.8 Å². The van der Waals surface area contributed by atoms with Crippen molar-refractivity contribution >= 4 is 39.1 Å². The van der Waals surface area contributed by atoms with Crippen LogP contribution in [0.2, 0.25) is 0 Å². The summed E-state index contributed by atoms with van der Waals surface area (Å²) in [5.74, 6) is 1.14. The van der Waals surface area contributed by atoms with Crippen molar-refractivity contribution in [1.29, 1.82) is 0 Å². The van der Waals surface area contributed by atoms with Crippen LogP contribution in [0.4, 0.5) is 11.4 Å². The molecule has 94 valence electrons. The predicted octanol–water partition coefficient (Wildman–Crippen LogP) is 3.15. The first-order valence-electron chi connectivity index (χ1n) is 5.77. The molecule has 0 unspecified atom stereocenters. The fourth-order valence-corrected chi connectivity index (χ4v) is 3.72. The van der Waals surface area contributed by atoms with Crippen molar-refractivity contribution in [1.82, 2.24) is 4.98 Å². The molecule has 0 bridgehead atoms. The molecule has 17 heavy (non-hydrogen) atoms. The van der Waals surface area contributed by atoms with Crippen LogP contribution in [0.25, 0.3) is 0 Å². The first-order chi connectivity index (χ1) is 7.99. The lowest BCUT2D eigenvalue weighted by atomic mass is 10.1. The van der Waals surface area contributed by atoms with E-state index < -0.39 is 0 Å². The molecular formula is C12H18BrN3S. The van der Waals surface area contributed by atoms with Crippen LogP contribution in [0.3, 0.4) is 0 Å². The monoisotopic (exact) mass is 315 g/mol. The molecule has 5 heteroatoms. The van der Waals surface area contributed by atoms with Gasteiger partial charge in [0.05, 0.1) is 22.0 Å². The molecule has 1 aliphatic rings. The van der Waals surface area contributed by atoms with Crippen LogP contribution in [-0.2, 0) is 0 Å². The van der Waals surface area contributed by atoms with Crippen LogP contribution >= 0.6 is 27.7 Å². The second-order valence-electron chi connectivity index (χ2n) is 4.90. The van der Waals surface area contributed by atoms with Gasteiger partial charge in [0.2, 0.25) is 0 Å². The highest BCUT2D eigenvalue weighted by molar-refractivity contribution is 9.10. The van der Waals surface area contributed by atoms with E-state index in [0.29, 0.717) is 4.75 Å². The van der Waals surface area contributed by atoms with Crippen molar-refractivity contribution < 1.29 is 0 Å². The Labute approximate surface area is 115 Å². The van der Waals surface area contributed by atoms with E-state index in [9.17, 15) is 0 Å². The van der Waals surface area contributed by atoms with Gasteiger partial charge in [-0.25, -0.2) is 0 Å².